The molecule has 1 fully saturated rings. The van der Waals surface area contributed by atoms with Crippen LogP contribution in [0.1, 0.15) is 6.92 Å². The summed E-state index contributed by atoms with van der Waals surface area (Å²) < 4.78 is 4.83. The Bertz CT molecular complexity index is 357. The van der Waals surface area contributed by atoms with Gasteiger partial charge in [-0.15, -0.1) is 0 Å². The van der Waals surface area contributed by atoms with Crippen molar-refractivity contribution in [3.63, 3.8) is 0 Å². The lowest BCUT2D eigenvalue weighted by Gasteiger charge is -2.41. The van der Waals surface area contributed by atoms with Crippen LogP contribution >= 0.6 is 0 Å². The van der Waals surface area contributed by atoms with Crippen molar-refractivity contribution in [2.75, 3.05) is 33.9 Å². The van der Waals surface area contributed by atoms with Crippen molar-refractivity contribution >= 4 is 17.8 Å². The van der Waals surface area contributed by atoms with Crippen molar-refractivity contribution in [1.29, 1.82) is 0 Å². The molecular weight excluding hydrogens is 228 g/mol. The zero-order valence-corrected chi connectivity index (χ0v) is 10.1. The highest BCUT2D eigenvalue weighted by Gasteiger charge is 2.46. The molecule has 0 spiro atoms. The minimum Gasteiger partial charge on any atom is -0.479 e. The number of piperazine rings is 1. The van der Waals surface area contributed by atoms with Gasteiger partial charge in [-0.3, -0.25) is 9.59 Å². The first kappa shape index (κ1) is 13.4. The van der Waals surface area contributed by atoms with E-state index in [-0.39, 0.29) is 13.2 Å². The number of carbonyl (C=O) groups is 3. The van der Waals surface area contributed by atoms with Crippen molar-refractivity contribution in [2.45, 2.75) is 12.5 Å². The fourth-order valence-electron chi connectivity index (χ4n) is 1.74. The van der Waals surface area contributed by atoms with Gasteiger partial charge in [-0.2, -0.15) is 0 Å². The van der Waals surface area contributed by atoms with Gasteiger partial charge in [-0.1, -0.05) is 0 Å². The molecule has 96 valence electrons. The number of nitrogens with zero attached hydrogens (tertiary/aromatic N) is 2. The lowest BCUT2D eigenvalue weighted by atomic mass is 9.99. The molecule has 2 amide bonds. The van der Waals surface area contributed by atoms with E-state index < -0.39 is 23.3 Å². The molecule has 0 radical (unpaired) electrons. The van der Waals surface area contributed by atoms with Crippen LogP contribution in [0.3, 0.4) is 0 Å². The number of rotatable bonds is 4. The summed E-state index contributed by atoms with van der Waals surface area (Å²) in [4.78, 5) is 36.9. The zero-order valence-electron chi connectivity index (χ0n) is 10.1. The van der Waals surface area contributed by atoms with Gasteiger partial charge in [0.05, 0.1) is 6.61 Å². The van der Waals surface area contributed by atoms with Crippen molar-refractivity contribution in [3.05, 3.63) is 0 Å². The number of carboxylic acid groups (broad SMARTS) is 1. The highest BCUT2D eigenvalue weighted by Crippen LogP contribution is 2.19. The number of amides is 2. The number of methoxy groups -OCH3 is 1. The van der Waals surface area contributed by atoms with E-state index in [1.165, 1.54) is 26.0 Å². The van der Waals surface area contributed by atoms with Crippen LogP contribution in [0.5, 0.6) is 0 Å². The maximum atomic E-state index is 11.8. The number of carboxylic acids is 1. The van der Waals surface area contributed by atoms with E-state index >= 15 is 0 Å². The summed E-state index contributed by atoms with van der Waals surface area (Å²) >= 11 is 0. The Morgan fingerprint density at radius 3 is 2.47 bits per heavy atom. The minimum atomic E-state index is -1.51. The largest absolute Gasteiger partial charge is 0.479 e. The van der Waals surface area contributed by atoms with Gasteiger partial charge in [0.1, 0.15) is 0 Å². The summed E-state index contributed by atoms with van der Waals surface area (Å²) in [5.41, 5.74) is -1.51. The summed E-state index contributed by atoms with van der Waals surface area (Å²) in [6.45, 7) is 1.71. The predicted molar refractivity (Wildman–Crippen MR) is 57.3 cm³/mol. The summed E-state index contributed by atoms with van der Waals surface area (Å²) in [7, 11) is 2.86. The number of ether oxygens (including phenoxy) is 1. The minimum absolute atomic E-state index is 0.162. The van der Waals surface area contributed by atoms with E-state index in [0.29, 0.717) is 6.54 Å². The molecule has 1 aliphatic rings. The molecule has 0 bridgehead atoms. The molecule has 0 aromatic heterocycles. The molecule has 7 nitrogen and oxygen atoms in total. The van der Waals surface area contributed by atoms with Crippen molar-refractivity contribution < 1.29 is 24.2 Å². The topological polar surface area (TPSA) is 87.2 Å². The van der Waals surface area contributed by atoms with Crippen molar-refractivity contribution in [1.82, 2.24) is 9.80 Å². The second-order valence-electron chi connectivity index (χ2n) is 4.20. The van der Waals surface area contributed by atoms with Gasteiger partial charge in [-0.25, -0.2) is 4.79 Å². The van der Waals surface area contributed by atoms with Crippen LogP contribution in [0.15, 0.2) is 0 Å². The molecule has 0 saturated carbocycles. The highest BCUT2D eigenvalue weighted by atomic mass is 16.5. The molecule has 1 aliphatic heterocycles. The average Bonchev–Trinajstić information content (AvgIpc) is 2.26. The standard InChI is InChI=1S/C10H16N2O5/c1-10(6-17-3,9(15)16)12-5-4-11(2)7(13)8(12)14/h4-6H2,1-3H3,(H,15,16). The quantitative estimate of drug-likeness (QED) is 0.626. The Morgan fingerprint density at radius 2 is 2.00 bits per heavy atom. The molecule has 7 heteroatoms. The number of carbonyl (C=O) groups excluding carboxylic acids is 2. The van der Waals surface area contributed by atoms with Gasteiger partial charge in [0, 0.05) is 27.2 Å². The van der Waals surface area contributed by atoms with E-state index in [4.69, 9.17) is 4.74 Å². The molecular formula is C10H16N2O5. The molecule has 0 aliphatic carbocycles. The van der Waals surface area contributed by atoms with Gasteiger partial charge < -0.3 is 19.6 Å². The Kier molecular flexibility index (Phi) is 3.72. The van der Waals surface area contributed by atoms with Crippen molar-refractivity contribution in [2.24, 2.45) is 0 Å². The molecule has 1 unspecified atom stereocenters. The molecule has 1 atom stereocenters. The fraction of sp³-hybridized carbons (Fsp3) is 0.700. The SMILES string of the molecule is COCC(C)(C(=O)O)N1CCN(C)C(=O)C1=O. The summed E-state index contributed by atoms with van der Waals surface area (Å²) in [6, 6.07) is 0. The van der Waals surface area contributed by atoms with E-state index in [0.717, 1.165) is 4.90 Å². The molecule has 0 aromatic carbocycles. The predicted octanol–water partition coefficient (Wildman–Crippen LogP) is -1.22. The Morgan fingerprint density at radius 1 is 1.41 bits per heavy atom. The van der Waals surface area contributed by atoms with Gasteiger partial charge in [-0.05, 0) is 6.92 Å². The maximum Gasteiger partial charge on any atom is 0.331 e. The molecule has 17 heavy (non-hydrogen) atoms. The lowest BCUT2D eigenvalue weighted by Crippen LogP contribution is -2.65. The molecule has 1 saturated heterocycles. The number of hydrogen-bond donors (Lipinski definition) is 1. The Labute approximate surface area is 98.9 Å². The number of aliphatic carboxylic acids is 1. The van der Waals surface area contributed by atoms with Crippen LogP contribution in [0, 0.1) is 0 Å². The zero-order chi connectivity index (χ0) is 13.2. The van der Waals surface area contributed by atoms with Crippen LogP contribution in [0.2, 0.25) is 0 Å². The fourth-order valence-corrected chi connectivity index (χ4v) is 1.74. The van der Waals surface area contributed by atoms with Gasteiger partial charge in [0.15, 0.2) is 5.54 Å². The maximum absolute atomic E-state index is 11.8. The van der Waals surface area contributed by atoms with Crippen LogP contribution < -0.4 is 0 Å². The Hall–Kier alpha value is -1.63. The van der Waals surface area contributed by atoms with E-state index in [1.807, 2.05) is 0 Å². The van der Waals surface area contributed by atoms with E-state index in [9.17, 15) is 19.5 Å². The van der Waals surface area contributed by atoms with Crippen molar-refractivity contribution in [3.8, 4) is 0 Å². The molecule has 1 rings (SSSR count). The first-order valence-electron chi connectivity index (χ1n) is 5.14. The van der Waals surface area contributed by atoms with Crippen LogP contribution in [-0.4, -0.2) is 72.1 Å². The van der Waals surface area contributed by atoms with Gasteiger partial charge >= 0.3 is 17.8 Å². The second kappa shape index (κ2) is 4.70. The monoisotopic (exact) mass is 244 g/mol. The smallest absolute Gasteiger partial charge is 0.331 e. The van der Waals surface area contributed by atoms with Crippen LogP contribution in [0.4, 0.5) is 0 Å². The van der Waals surface area contributed by atoms with E-state index in [2.05, 4.69) is 0 Å². The van der Waals surface area contributed by atoms with Crippen LogP contribution in [-0.2, 0) is 19.1 Å². The average molecular weight is 244 g/mol. The summed E-state index contributed by atoms with van der Waals surface area (Å²) in [5.74, 6) is -2.69. The van der Waals surface area contributed by atoms with Gasteiger partial charge in [0.25, 0.3) is 0 Å². The molecule has 0 aromatic rings. The Balaban J connectivity index is 3.01. The third-order valence-corrected chi connectivity index (χ3v) is 2.92. The first-order valence-corrected chi connectivity index (χ1v) is 5.14. The second-order valence-corrected chi connectivity index (χ2v) is 4.20. The molecule has 1 N–H and O–H groups in total. The third-order valence-electron chi connectivity index (χ3n) is 2.92. The normalized spacial score (nSPS) is 20.4. The highest BCUT2D eigenvalue weighted by molar-refractivity contribution is 6.35. The van der Waals surface area contributed by atoms with Crippen LogP contribution in [0.25, 0.3) is 0 Å². The lowest BCUT2D eigenvalue weighted by molar-refractivity contribution is -0.170. The summed E-state index contributed by atoms with van der Waals surface area (Å²) in [6.07, 6.45) is 0. The van der Waals surface area contributed by atoms with Gasteiger partial charge in [0.2, 0.25) is 0 Å². The first-order chi connectivity index (χ1) is 7.84. The van der Waals surface area contributed by atoms with E-state index in [1.54, 1.807) is 0 Å². The molecule has 1 heterocycles. The third kappa shape index (κ3) is 2.23. The number of hydrogen-bond acceptors (Lipinski definition) is 4. The number of likely N-dealkylation sites (N-methyl/N-ethyl adjacent to an activating group) is 1. The summed E-state index contributed by atoms with van der Waals surface area (Å²) in [5, 5.41) is 9.19.